The van der Waals surface area contributed by atoms with E-state index in [4.69, 9.17) is 14.2 Å². The summed E-state index contributed by atoms with van der Waals surface area (Å²) in [4.78, 5) is 13.1. The number of methoxy groups -OCH3 is 3. The van der Waals surface area contributed by atoms with Crippen molar-refractivity contribution in [1.82, 2.24) is 10.0 Å². The molecule has 2 aromatic rings. The highest BCUT2D eigenvalue weighted by atomic mass is 32.2. The molecule has 0 aliphatic carbocycles. The van der Waals surface area contributed by atoms with E-state index in [1.54, 1.807) is 45.9 Å². The van der Waals surface area contributed by atoms with Crippen LogP contribution in [0.5, 0.6) is 17.2 Å². The van der Waals surface area contributed by atoms with Gasteiger partial charge in [0.25, 0.3) is 5.91 Å². The monoisotopic (exact) mass is 464 g/mol. The summed E-state index contributed by atoms with van der Waals surface area (Å²) >= 11 is 0. The van der Waals surface area contributed by atoms with Gasteiger partial charge in [-0.05, 0) is 70.0 Å². The molecule has 0 spiro atoms. The molecule has 0 radical (unpaired) electrons. The van der Waals surface area contributed by atoms with Crippen LogP contribution >= 0.6 is 0 Å². The van der Waals surface area contributed by atoms with Crippen molar-refractivity contribution in [2.24, 2.45) is 0 Å². The molecule has 2 aromatic carbocycles. The van der Waals surface area contributed by atoms with Gasteiger partial charge in [-0.1, -0.05) is 6.07 Å². The van der Waals surface area contributed by atoms with E-state index >= 15 is 0 Å². The minimum absolute atomic E-state index is 0.0311. The van der Waals surface area contributed by atoms with Crippen molar-refractivity contribution in [2.45, 2.75) is 51.1 Å². The van der Waals surface area contributed by atoms with E-state index in [2.05, 4.69) is 10.0 Å². The van der Waals surface area contributed by atoms with Crippen LogP contribution in [-0.2, 0) is 10.0 Å². The van der Waals surface area contributed by atoms with E-state index in [-0.39, 0.29) is 10.5 Å². The van der Waals surface area contributed by atoms with Crippen LogP contribution in [0, 0.1) is 6.92 Å². The Kier molecular flexibility index (Phi) is 7.79. The van der Waals surface area contributed by atoms with Crippen molar-refractivity contribution in [3.8, 4) is 17.2 Å². The molecule has 0 aliphatic rings. The molecule has 176 valence electrons. The number of aryl methyl sites for hydroxylation is 1. The van der Waals surface area contributed by atoms with E-state index in [1.807, 2.05) is 6.92 Å². The first-order valence-corrected chi connectivity index (χ1v) is 11.6. The number of nitrogens with one attached hydrogen (secondary N) is 2. The molecule has 9 heteroatoms. The summed E-state index contributed by atoms with van der Waals surface area (Å²) in [5.41, 5.74) is 1.03. The first-order chi connectivity index (χ1) is 14.8. The lowest BCUT2D eigenvalue weighted by atomic mass is 10.0. The van der Waals surface area contributed by atoms with Gasteiger partial charge in [0.2, 0.25) is 15.8 Å². The Labute approximate surface area is 190 Å². The third-order valence-electron chi connectivity index (χ3n) is 4.74. The average molecular weight is 465 g/mol. The van der Waals surface area contributed by atoms with Crippen LogP contribution in [0.2, 0.25) is 0 Å². The predicted octanol–water partition coefficient (Wildman–Crippen LogP) is 3.59. The molecule has 8 nitrogen and oxygen atoms in total. The van der Waals surface area contributed by atoms with Gasteiger partial charge in [0.05, 0.1) is 32.3 Å². The van der Waals surface area contributed by atoms with Crippen molar-refractivity contribution in [3.05, 3.63) is 47.0 Å². The van der Waals surface area contributed by atoms with Crippen molar-refractivity contribution in [1.29, 1.82) is 0 Å². The van der Waals surface area contributed by atoms with Gasteiger partial charge in [-0.3, -0.25) is 4.79 Å². The van der Waals surface area contributed by atoms with Crippen LogP contribution in [0.4, 0.5) is 0 Å². The third kappa shape index (κ3) is 5.92. The Balaban J connectivity index is 2.35. The molecule has 0 aliphatic heterocycles. The van der Waals surface area contributed by atoms with Crippen LogP contribution in [0.15, 0.2) is 35.2 Å². The Morgan fingerprint density at radius 3 is 2.00 bits per heavy atom. The highest BCUT2D eigenvalue weighted by molar-refractivity contribution is 7.89. The first kappa shape index (κ1) is 25.5. The number of amides is 1. The summed E-state index contributed by atoms with van der Waals surface area (Å²) in [5, 5.41) is 2.91. The largest absolute Gasteiger partial charge is 0.493 e. The summed E-state index contributed by atoms with van der Waals surface area (Å²) < 4.78 is 44.1. The second-order valence-electron chi connectivity index (χ2n) is 8.49. The van der Waals surface area contributed by atoms with Crippen LogP contribution in [-0.4, -0.2) is 41.2 Å². The quantitative estimate of drug-likeness (QED) is 0.619. The maximum Gasteiger partial charge on any atom is 0.252 e. The zero-order valence-corrected chi connectivity index (χ0v) is 20.6. The summed E-state index contributed by atoms with van der Waals surface area (Å²) in [6, 6.07) is 7.60. The molecule has 0 saturated carbocycles. The number of benzene rings is 2. The molecule has 2 rings (SSSR count). The van der Waals surface area contributed by atoms with Gasteiger partial charge in [-0.25, -0.2) is 13.1 Å². The standard InChI is InChI=1S/C23H32N2O6S/c1-14-9-10-17(32(27,28)25-23(3,4)5)13-18(14)22(26)24-15(2)16-11-19(29-6)21(31-8)20(12-16)30-7/h9-13,15,25H,1-8H3,(H,24,26). The second-order valence-corrected chi connectivity index (χ2v) is 10.2. The van der Waals surface area contributed by atoms with Gasteiger partial charge in [0.1, 0.15) is 0 Å². The lowest BCUT2D eigenvalue weighted by molar-refractivity contribution is 0.0939. The maximum atomic E-state index is 13.0. The zero-order valence-electron chi connectivity index (χ0n) is 19.8. The summed E-state index contributed by atoms with van der Waals surface area (Å²) in [7, 11) is 0.782. The molecule has 0 aromatic heterocycles. The van der Waals surface area contributed by atoms with Crippen LogP contribution < -0.4 is 24.2 Å². The summed E-state index contributed by atoms with van der Waals surface area (Å²) in [6.45, 7) is 8.84. The summed E-state index contributed by atoms with van der Waals surface area (Å²) in [6.07, 6.45) is 0. The van der Waals surface area contributed by atoms with Crippen molar-refractivity contribution >= 4 is 15.9 Å². The van der Waals surface area contributed by atoms with Gasteiger partial charge < -0.3 is 19.5 Å². The van der Waals surface area contributed by atoms with Crippen LogP contribution in [0.1, 0.15) is 55.2 Å². The maximum absolute atomic E-state index is 13.0. The fourth-order valence-electron chi connectivity index (χ4n) is 3.18. The lowest BCUT2D eigenvalue weighted by Crippen LogP contribution is -2.40. The normalized spacial score (nSPS) is 12.8. The van der Waals surface area contributed by atoms with E-state index < -0.39 is 27.5 Å². The van der Waals surface area contributed by atoms with Gasteiger partial charge in [0.15, 0.2) is 11.5 Å². The molecular formula is C23H32N2O6S. The second kappa shape index (κ2) is 9.79. The van der Waals surface area contributed by atoms with E-state index in [1.165, 1.54) is 33.5 Å². The minimum atomic E-state index is -3.77. The number of sulfonamides is 1. The number of ether oxygens (including phenoxy) is 3. The molecular weight excluding hydrogens is 432 g/mol. The first-order valence-electron chi connectivity index (χ1n) is 10.1. The number of carbonyl (C=O) groups is 1. The summed E-state index contributed by atoms with van der Waals surface area (Å²) in [5.74, 6) is 1.01. The smallest absolute Gasteiger partial charge is 0.252 e. The Bertz CT molecular complexity index is 1070. The number of rotatable bonds is 8. The van der Waals surface area contributed by atoms with Gasteiger partial charge >= 0.3 is 0 Å². The number of carbonyl (C=O) groups excluding carboxylic acids is 1. The molecule has 2 N–H and O–H groups in total. The van der Waals surface area contributed by atoms with Crippen molar-refractivity contribution in [3.63, 3.8) is 0 Å². The predicted molar refractivity (Wildman–Crippen MR) is 123 cm³/mol. The number of hydrogen-bond acceptors (Lipinski definition) is 6. The van der Waals surface area contributed by atoms with Gasteiger partial charge in [0, 0.05) is 11.1 Å². The van der Waals surface area contributed by atoms with Gasteiger partial charge in [-0.15, -0.1) is 0 Å². The van der Waals surface area contributed by atoms with Crippen molar-refractivity contribution in [2.75, 3.05) is 21.3 Å². The zero-order chi connectivity index (χ0) is 24.3. The van der Waals surface area contributed by atoms with E-state index in [9.17, 15) is 13.2 Å². The Morgan fingerprint density at radius 2 is 1.53 bits per heavy atom. The average Bonchev–Trinajstić information content (AvgIpc) is 2.70. The highest BCUT2D eigenvalue weighted by Crippen LogP contribution is 2.39. The Morgan fingerprint density at radius 1 is 0.969 bits per heavy atom. The highest BCUT2D eigenvalue weighted by Gasteiger charge is 2.24. The molecule has 1 atom stereocenters. The van der Waals surface area contributed by atoms with E-state index in [0.29, 0.717) is 22.8 Å². The van der Waals surface area contributed by atoms with Crippen molar-refractivity contribution < 1.29 is 27.4 Å². The fourth-order valence-corrected chi connectivity index (χ4v) is 4.63. The third-order valence-corrected chi connectivity index (χ3v) is 6.49. The molecule has 0 fully saturated rings. The molecule has 0 saturated heterocycles. The Hall–Kier alpha value is -2.78. The van der Waals surface area contributed by atoms with E-state index in [0.717, 1.165) is 5.56 Å². The molecule has 32 heavy (non-hydrogen) atoms. The SMILES string of the molecule is COc1cc(C(C)NC(=O)c2cc(S(=O)(=O)NC(C)(C)C)ccc2C)cc(OC)c1OC. The molecule has 0 heterocycles. The lowest BCUT2D eigenvalue weighted by Gasteiger charge is -2.21. The van der Waals surface area contributed by atoms with Crippen LogP contribution in [0.3, 0.4) is 0 Å². The number of hydrogen-bond donors (Lipinski definition) is 2. The van der Waals surface area contributed by atoms with Crippen LogP contribution in [0.25, 0.3) is 0 Å². The molecule has 1 amide bonds. The molecule has 0 bridgehead atoms. The minimum Gasteiger partial charge on any atom is -0.493 e. The topological polar surface area (TPSA) is 103 Å². The van der Waals surface area contributed by atoms with Gasteiger partial charge in [-0.2, -0.15) is 0 Å². The fraction of sp³-hybridized carbons (Fsp3) is 0.435. The molecule has 1 unspecified atom stereocenters.